The molecule has 0 aromatic heterocycles. The van der Waals surface area contributed by atoms with Crippen molar-refractivity contribution in [3.05, 3.63) is 157 Å². The zero-order valence-corrected chi connectivity index (χ0v) is 28.4. The van der Waals surface area contributed by atoms with E-state index in [1.54, 1.807) is 17.6 Å². The molecule has 0 saturated carbocycles. The third-order valence-electron chi connectivity index (χ3n) is 8.98. The smallest absolute Gasteiger partial charge is 1.00 e. The molecule has 0 heterocycles. The molecule has 0 bridgehead atoms. The van der Waals surface area contributed by atoms with Crippen LogP contribution in [0.15, 0.2) is 135 Å². The molecule has 4 aromatic rings. The van der Waals surface area contributed by atoms with Crippen LogP contribution in [0.25, 0.3) is 17.2 Å². The van der Waals surface area contributed by atoms with Gasteiger partial charge in [0.2, 0.25) is 0 Å². The normalized spacial score (nSPS) is 17.2. The molecule has 0 amide bonds. The van der Waals surface area contributed by atoms with E-state index in [9.17, 15) is 0 Å². The summed E-state index contributed by atoms with van der Waals surface area (Å²) in [5.41, 5.74) is 14.6. The van der Waals surface area contributed by atoms with Crippen LogP contribution < -0.4 is 24.8 Å². The first-order valence-electron chi connectivity index (χ1n) is 14.1. The van der Waals surface area contributed by atoms with E-state index in [0.717, 1.165) is 0 Å². The molecule has 0 fully saturated rings. The van der Waals surface area contributed by atoms with E-state index >= 15 is 0 Å². The van der Waals surface area contributed by atoms with Crippen molar-refractivity contribution in [1.82, 2.24) is 0 Å². The van der Waals surface area contributed by atoms with Gasteiger partial charge in [0.15, 0.2) is 0 Å². The van der Waals surface area contributed by atoms with Crippen LogP contribution in [-0.4, -0.2) is 3.21 Å². The Morgan fingerprint density at radius 3 is 1.66 bits per heavy atom. The Balaban J connectivity index is 0.00000194. The number of allylic oxidation sites excluding steroid dienone is 5. The third-order valence-corrected chi connectivity index (χ3v) is 18.4. The second kappa shape index (κ2) is 13.2. The third kappa shape index (κ3) is 5.62. The van der Waals surface area contributed by atoms with Gasteiger partial charge in [0, 0.05) is 0 Å². The van der Waals surface area contributed by atoms with Crippen molar-refractivity contribution in [1.29, 1.82) is 0 Å². The zero-order valence-electron chi connectivity index (χ0n) is 24.4. The predicted octanol–water partition coefficient (Wildman–Crippen LogP) is 3.97. The van der Waals surface area contributed by atoms with E-state index in [4.69, 9.17) is 0 Å². The second-order valence-electron chi connectivity index (χ2n) is 11.1. The molecule has 0 aliphatic heterocycles. The number of rotatable bonds is 5. The predicted molar refractivity (Wildman–Crippen MR) is 165 cm³/mol. The fraction of sp³-hybridized carbons (Fsp3) is 0.184. The maximum absolute atomic E-state index is 2.67. The quantitative estimate of drug-likeness (QED) is 0.306. The summed E-state index contributed by atoms with van der Waals surface area (Å²) in [5.74, 6) is 0.496. The maximum atomic E-state index is 2.51. The number of hydrogen-bond acceptors (Lipinski definition) is 0. The van der Waals surface area contributed by atoms with Crippen molar-refractivity contribution in [3.8, 4) is 11.1 Å². The molecule has 0 nitrogen and oxygen atoms in total. The molecule has 2 atom stereocenters. The molecule has 4 aromatic carbocycles. The Bertz CT molecular complexity index is 1640. The molecular weight excluding hydrogens is 619 g/mol. The Labute approximate surface area is 265 Å². The summed E-state index contributed by atoms with van der Waals surface area (Å²) < 4.78 is 3.86. The van der Waals surface area contributed by atoms with E-state index in [2.05, 4.69) is 150 Å². The molecule has 206 valence electrons. The van der Waals surface area contributed by atoms with Crippen LogP contribution in [0.5, 0.6) is 0 Å². The number of benzene rings is 4. The van der Waals surface area contributed by atoms with Crippen molar-refractivity contribution in [2.45, 2.75) is 38.2 Å². The molecule has 41 heavy (non-hydrogen) atoms. The SMILES string of the molecule is CC1=Cc2c(-c3ccccc3)cccc2[CH]1[Zr+2]([C]1=C(C)C(C)=C(C)C1C)=[C](c1ccccc1)c1ccccc1.[Cl-].[Cl-]. The standard InChI is InChI=1S/C16H13.C13H10.C9H13.2ClH.Zr/c1-12-10-14-8-5-9-15(16(14)11-12)13-6-3-2-4-7-13;1-3-7-12(8-4-1)11-13-9-5-2-6-10-13;1-6-5-7(2)9(4)8(6)3;;;/h2-11H,1H3;1-10H;6H,1-4H3;2*1H;/q;;;;;+2/p-2. The molecule has 2 aliphatic carbocycles. The molecule has 2 aliphatic rings. The number of hydrogen-bond donors (Lipinski definition) is 0. The zero-order chi connectivity index (χ0) is 27.1. The van der Waals surface area contributed by atoms with Crippen molar-refractivity contribution in [2.75, 3.05) is 0 Å². The van der Waals surface area contributed by atoms with Crippen LogP contribution in [0.3, 0.4) is 0 Å². The first kappa shape index (κ1) is 31.4. The van der Waals surface area contributed by atoms with Gasteiger partial charge in [-0.1, -0.05) is 0 Å². The van der Waals surface area contributed by atoms with Crippen molar-refractivity contribution < 1.29 is 46.1 Å². The van der Waals surface area contributed by atoms with Gasteiger partial charge in [-0.3, -0.25) is 0 Å². The van der Waals surface area contributed by atoms with E-state index < -0.39 is 21.3 Å². The minimum absolute atomic E-state index is 0. The Morgan fingerprint density at radius 1 is 0.610 bits per heavy atom. The first-order valence-corrected chi connectivity index (χ1v) is 18.0. The molecule has 2 unspecified atom stereocenters. The number of fused-ring (bicyclic) bond motifs is 1. The van der Waals surface area contributed by atoms with Gasteiger partial charge in [0.1, 0.15) is 0 Å². The van der Waals surface area contributed by atoms with E-state index in [-0.39, 0.29) is 24.8 Å². The van der Waals surface area contributed by atoms with Gasteiger partial charge in [-0.25, -0.2) is 0 Å². The monoisotopic (exact) mass is 652 g/mol. The molecule has 0 spiro atoms. The Morgan fingerprint density at radius 2 is 1.15 bits per heavy atom. The summed E-state index contributed by atoms with van der Waals surface area (Å²) in [5, 5.41) is 0. The molecule has 0 N–H and O–H groups in total. The molecule has 0 saturated heterocycles. The average Bonchev–Trinajstić information content (AvgIpc) is 3.41. The molecule has 0 radical (unpaired) electrons. The minimum atomic E-state index is -2.67. The van der Waals surface area contributed by atoms with E-state index in [1.807, 2.05) is 0 Å². The summed E-state index contributed by atoms with van der Waals surface area (Å²) in [7, 11) is 0. The summed E-state index contributed by atoms with van der Waals surface area (Å²) >= 11 is -2.67. The van der Waals surface area contributed by atoms with Crippen LogP contribution in [0.2, 0.25) is 0 Å². The van der Waals surface area contributed by atoms with Crippen LogP contribution >= 0.6 is 0 Å². The van der Waals surface area contributed by atoms with Gasteiger partial charge >= 0.3 is 243 Å². The fourth-order valence-electron chi connectivity index (χ4n) is 6.73. The van der Waals surface area contributed by atoms with Crippen molar-refractivity contribution in [3.63, 3.8) is 0 Å². The van der Waals surface area contributed by atoms with Gasteiger partial charge in [-0.15, -0.1) is 0 Å². The van der Waals surface area contributed by atoms with Crippen molar-refractivity contribution >= 4 is 9.28 Å². The summed E-state index contributed by atoms with van der Waals surface area (Å²) in [4.78, 5) is 0. The van der Waals surface area contributed by atoms with E-state index in [0.29, 0.717) is 9.54 Å². The van der Waals surface area contributed by atoms with E-state index in [1.165, 1.54) is 44.5 Å². The molecule has 3 heteroatoms. The van der Waals surface area contributed by atoms with Crippen LogP contribution in [0, 0.1) is 5.92 Å². The van der Waals surface area contributed by atoms with Gasteiger partial charge in [0.05, 0.1) is 0 Å². The summed E-state index contributed by atoms with van der Waals surface area (Å²) in [6, 6.07) is 40.5. The van der Waals surface area contributed by atoms with Crippen LogP contribution in [0.4, 0.5) is 0 Å². The van der Waals surface area contributed by atoms with Crippen LogP contribution in [0.1, 0.15) is 60.5 Å². The average molecular weight is 655 g/mol. The fourth-order valence-corrected chi connectivity index (χ4v) is 17.1. The Hall–Kier alpha value is -2.57. The minimum Gasteiger partial charge on any atom is -1.00 e. The molecule has 6 rings (SSSR count). The van der Waals surface area contributed by atoms with Gasteiger partial charge in [-0.05, 0) is 0 Å². The molecular formula is C38H36Cl2Zr. The van der Waals surface area contributed by atoms with Gasteiger partial charge < -0.3 is 24.8 Å². The second-order valence-corrected chi connectivity index (χ2v) is 17.1. The maximum Gasteiger partial charge on any atom is -1.00 e. The number of halogens is 2. The topological polar surface area (TPSA) is 0 Å². The Kier molecular flexibility index (Phi) is 10.1. The summed E-state index contributed by atoms with van der Waals surface area (Å²) in [6.07, 6.45) is 2.51. The van der Waals surface area contributed by atoms with Crippen molar-refractivity contribution in [2.24, 2.45) is 5.92 Å². The van der Waals surface area contributed by atoms with Gasteiger partial charge in [-0.2, -0.15) is 0 Å². The largest absolute Gasteiger partial charge is 1.00 e. The van der Waals surface area contributed by atoms with Crippen LogP contribution in [-0.2, 0) is 21.3 Å². The summed E-state index contributed by atoms with van der Waals surface area (Å²) in [6.45, 7) is 12.0. The van der Waals surface area contributed by atoms with Gasteiger partial charge in [0.25, 0.3) is 0 Å². The first-order chi connectivity index (χ1) is 19.0.